The molecule has 2 N–H and O–H groups in total. The van der Waals surface area contributed by atoms with Crippen LogP contribution in [0, 0.1) is 6.92 Å². The van der Waals surface area contributed by atoms with Crippen LogP contribution in [-0.2, 0) is 16.6 Å². The number of hydrogen-bond donors (Lipinski definition) is 2. The third-order valence-electron chi connectivity index (χ3n) is 2.27. The molecule has 0 aliphatic rings. The van der Waals surface area contributed by atoms with Crippen molar-refractivity contribution >= 4 is 26.0 Å². The van der Waals surface area contributed by atoms with Gasteiger partial charge in [0, 0.05) is 4.47 Å². The maximum atomic E-state index is 12.1. The van der Waals surface area contributed by atoms with E-state index in [2.05, 4.69) is 35.8 Å². The first-order valence-corrected chi connectivity index (χ1v) is 7.37. The molecule has 0 aliphatic heterocycles. The second kappa shape index (κ2) is 5.17. The molecular formula is C10H11BrN4O2S. The van der Waals surface area contributed by atoms with Gasteiger partial charge in [0.05, 0.1) is 11.4 Å². The number of halogens is 1. The lowest BCUT2D eigenvalue weighted by Gasteiger charge is -2.07. The highest BCUT2D eigenvalue weighted by atomic mass is 79.9. The quantitative estimate of drug-likeness (QED) is 0.885. The number of nitrogens with zero attached hydrogens (tertiary/aromatic N) is 2. The Morgan fingerprint density at radius 1 is 1.44 bits per heavy atom. The number of rotatable bonds is 4. The molecule has 18 heavy (non-hydrogen) atoms. The van der Waals surface area contributed by atoms with Gasteiger partial charge in [-0.25, -0.2) is 18.1 Å². The Balaban J connectivity index is 2.20. The van der Waals surface area contributed by atoms with Crippen molar-refractivity contribution in [1.29, 1.82) is 0 Å². The molecule has 0 saturated carbocycles. The highest BCUT2D eigenvalue weighted by molar-refractivity contribution is 9.10. The van der Waals surface area contributed by atoms with E-state index in [9.17, 15) is 8.42 Å². The standard InChI is InChI=1S/C10H11BrN4O2S/c1-7-2-3-9(8(11)4-7)18(16,17)14-5-10-12-6-13-15-10/h2-4,6,14H,5H2,1H3,(H,12,13,15). The van der Waals surface area contributed by atoms with Crippen LogP contribution in [0.3, 0.4) is 0 Å². The smallest absolute Gasteiger partial charge is 0.242 e. The average molecular weight is 331 g/mol. The summed E-state index contributed by atoms with van der Waals surface area (Å²) >= 11 is 3.25. The predicted molar refractivity (Wildman–Crippen MR) is 69.3 cm³/mol. The average Bonchev–Trinajstić information content (AvgIpc) is 2.78. The monoisotopic (exact) mass is 330 g/mol. The lowest BCUT2D eigenvalue weighted by molar-refractivity contribution is 0.579. The summed E-state index contributed by atoms with van der Waals surface area (Å²) in [6.45, 7) is 1.96. The van der Waals surface area contributed by atoms with Crippen molar-refractivity contribution in [3.63, 3.8) is 0 Å². The zero-order valence-corrected chi connectivity index (χ0v) is 11.9. The van der Waals surface area contributed by atoms with E-state index in [0.717, 1.165) is 5.56 Å². The number of nitrogens with one attached hydrogen (secondary N) is 2. The molecule has 1 aromatic carbocycles. The molecule has 2 rings (SSSR count). The third kappa shape index (κ3) is 2.95. The first-order chi connectivity index (χ1) is 8.49. The van der Waals surface area contributed by atoms with Gasteiger partial charge in [-0.3, -0.25) is 5.10 Å². The van der Waals surface area contributed by atoms with Crippen molar-refractivity contribution in [3.8, 4) is 0 Å². The van der Waals surface area contributed by atoms with Gasteiger partial charge >= 0.3 is 0 Å². The Kier molecular flexibility index (Phi) is 3.79. The zero-order valence-electron chi connectivity index (χ0n) is 9.51. The Bertz CT molecular complexity index is 640. The zero-order chi connectivity index (χ0) is 13.2. The van der Waals surface area contributed by atoms with E-state index < -0.39 is 10.0 Å². The van der Waals surface area contributed by atoms with E-state index in [4.69, 9.17) is 0 Å². The van der Waals surface area contributed by atoms with Gasteiger partial charge in [-0.1, -0.05) is 6.07 Å². The number of aryl methyl sites for hydroxylation is 1. The molecule has 0 bridgehead atoms. The summed E-state index contributed by atoms with van der Waals surface area (Å²) in [5, 5.41) is 6.23. The molecule has 0 aliphatic carbocycles. The molecule has 96 valence electrons. The van der Waals surface area contributed by atoms with Crippen molar-refractivity contribution in [2.24, 2.45) is 0 Å². The predicted octanol–water partition coefficient (Wildman–Crippen LogP) is 1.35. The van der Waals surface area contributed by atoms with Gasteiger partial charge < -0.3 is 0 Å². The second-order valence-electron chi connectivity index (χ2n) is 3.69. The van der Waals surface area contributed by atoms with Crippen molar-refractivity contribution in [2.45, 2.75) is 18.4 Å². The molecule has 0 unspecified atom stereocenters. The van der Waals surface area contributed by atoms with Crippen LogP contribution in [0.1, 0.15) is 11.4 Å². The van der Waals surface area contributed by atoms with Gasteiger partial charge in [0.15, 0.2) is 0 Å². The topological polar surface area (TPSA) is 87.7 Å². The van der Waals surface area contributed by atoms with E-state index in [0.29, 0.717) is 10.3 Å². The minimum Gasteiger partial charge on any atom is -0.262 e. The van der Waals surface area contributed by atoms with Crippen LogP contribution in [0.2, 0.25) is 0 Å². The summed E-state index contributed by atoms with van der Waals surface area (Å²) in [5.41, 5.74) is 0.982. The highest BCUT2D eigenvalue weighted by Gasteiger charge is 2.17. The fourth-order valence-corrected chi connectivity index (χ4v) is 3.56. The van der Waals surface area contributed by atoms with Crippen molar-refractivity contribution < 1.29 is 8.42 Å². The van der Waals surface area contributed by atoms with Gasteiger partial charge in [-0.2, -0.15) is 5.10 Å². The highest BCUT2D eigenvalue weighted by Crippen LogP contribution is 2.22. The molecular weight excluding hydrogens is 320 g/mol. The van der Waals surface area contributed by atoms with E-state index in [1.54, 1.807) is 18.2 Å². The van der Waals surface area contributed by atoms with Crippen LogP contribution < -0.4 is 4.72 Å². The van der Waals surface area contributed by atoms with Crippen molar-refractivity contribution in [2.75, 3.05) is 0 Å². The van der Waals surface area contributed by atoms with Crippen LogP contribution in [0.5, 0.6) is 0 Å². The van der Waals surface area contributed by atoms with Gasteiger partial charge in [-0.15, -0.1) is 0 Å². The van der Waals surface area contributed by atoms with Gasteiger partial charge in [0.2, 0.25) is 10.0 Å². The summed E-state index contributed by atoms with van der Waals surface area (Å²) in [6.07, 6.45) is 1.32. The number of aromatic nitrogens is 3. The fraction of sp³-hybridized carbons (Fsp3) is 0.200. The molecule has 0 fully saturated rings. The number of benzene rings is 1. The molecule has 0 amide bonds. The molecule has 0 atom stereocenters. The van der Waals surface area contributed by atoms with Crippen LogP contribution >= 0.6 is 15.9 Å². The van der Waals surface area contributed by atoms with Gasteiger partial charge in [0.25, 0.3) is 0 Å². The largest absolute Gasteiger partial charge is 0.262 e. The van der Waals surface area contributed by atoms with E-state index >= 15 is 0 Å². The molecule has 1 aromatic heterocycles. The van der Waals surface area contributed by atoms with E-state index in [1.165, 1.54) is 6.33 Å². The van der Waals surface area contributed by atoms with E-state index in [1.807, 2.05) is 6.92 Å². The second-order valence-corrected chi connectivity index (χ2v) is 6.28. The summed E-state index contributed by atoms with van der Waals surface area (Å²) in [6, 6.07) is 5.05. The molecule has 0 spiro atoms. The number of H-pyrrole nitrogens is 1. The first-order valence-electron chi connectivity index (χ1n) is 5.09. The SMILES string of the molecule is Cc1ccc(S(=O)(=O)NCc2ncn[nH]2)c(Br)c1. The van der Waals surface area contributed by atoms with Gasteiger partial charge in [0.1, 0.15) is 12.2 Å². The summed E-state index contributed by atoms with van der Waals surface area (Å²) in [7, 11) is -3.57. The van der Waals surface area contributed by atoms with Crippen LogP contribution in [0.4, 0.5) is 0 Å². The van der Waals surface area contributed by atoms with Crippen LogP contribution in [0.15, 0.2) is 33.9 Å². The molecule has 1 heterocycles. The van der Waals surface area contributed by atoms with Crippen molar-refractivity contribution in [3.05, 3.63) is 40.4 Å². The minimum atomic E-state index is -3.57. The lowest BCUT2D eigenvalue weighted by Crippen LogP contribution is -2.24. The Morgan fingerprint density at radius 3 is 2.83 bits per heavy atom. The first kappa shape index (κ1) is 13.2. The van der Waals surface area contributed by atoms with Crippen molar-refractivity contribution in [1.82, 2.24) is 19.9 Å². The Morgan fingerprint density at radius 2 is 2.22 bits per heavy atom. The number of hydrogen-bond acceptors (Lipinski definition) is 4. The Labute approximate surface area is 113 Å². The normalized spacial score (nSPS) is 11.7. The molecule has 8 heteroatoms. The van der Waals surface area contributed by atoms with E-state index in [-0.39, 0.29) is 11.4 Å². The minimum absolute atomic E-state index is 0.0721. The lowest BCUT2D eigenvalue weighted by atomic mass is 10.2. The molecule has 0 radical (unpaired) electrons. The Hall–Kier alpha value is -1.25. The fourth-order valence-electron chi connectivity index (χ4n) is 1.38. The summed E-state index contributed by atoms with van der Waals surface area (Å²) < 4.78 is 27.1. The number of sulfonamides is 1. The number of aromatic amines is 1. The molecule has 0 saturated heterocycles. The third-order valence-corrected chi connectivity index (χ3v) is 4.65. The maximum Gasteiger partial charge on any atom is 0.242 e. The van der Waals surface area contributed by atoms with Crippen LogP contribution in [-0.4, -0.2) is 23.6 Å². The molecule has 2 aromatic rings. The maximum absolute atomic E-state index is 12.1. The molecule has 6 nitrogen and oxygen atoms in total. The van der Waals surface area contributed by atoms with Crippen LogP contribution in [0.25, 0.3) is 0 Å². The summed E-state index contributed by atoms with van der Waals surface area (Å²) in [4.78, 5) is 4.05. The summed E-state index contributed by atoms with van der Waals surface area (Å²) in [5.74, 6) is 0.460. The van der Waals surface area contributed by atoms with Gasteiger partial charge in [-0.05, 0) is 40.5 Å².